The average molecular weight is 365 g/mol. The molecular weight excluding hydrogens is 340 g/mol. The second-order valence-corrected chi connectivity index (χ2v) is 8.34. The van der Waals surface area contributed by atoms with E-state index >= 15 is 0 Å². The Morgan fingerprint density at radius 1 is 1.25 bits per heavy atom. The van der Waals surface area contributed by atoms with Gasteiger partial charge in [0, 0.05) is 17.8 Å². The lowest BCUT2D eigenvalue weighted by molar-refractivity contribution is -0.131. The molecule has 7 heteroatoms. The Balaban J connectivity index is 1.93. The Hall–Kier alpha value is -1.60. The molecule has 0 aliphatic rings. The largest absolute Gasteiger partial charge is 0.337 e. The predicted octanol–water partition coefficient (Wildman–Crippen LogP) is 4.33. The SMILES string of the molecule is Cc1cccc(Nc2nnc(SCC(=O)N(C(C)C)C(C)C)s2)c1. The van der Waals surface area contributed by atoms with Crippen molar-refractivity contribution in [2.75, 3.05) is 11.1 Å². The van der Waals surface area contributed by atoms with E-state index in [9.17, 15) is 4.79 Å². The number of hydrogen-bond donors (Lipinski definition) is 1. The fraction of sp³-hybridized carbons (Fsp3) is 0.471. The lowest BCUT2D eigenvalue weighted by Gasteiger charge is -2.30. The van der Waals surface area contributed by atoms with E-state index in [1.54, 1.807) is 0 Å². The molecule has 130 valence electrons. The van der Waals surface area contributed by atoms with Crippen LogP contribution in [0.3, 0.4) is 0 Å². The lowest BCUT2D eigenvalue weighted by atomic mass is 10.2. The summed E-state index contributed by atoms with van der Waals surface area (Å²) in [6.07, 6.45) is 0. The maximum atomic E-state index is 12.4. The molecule has 1 heterocycles. The molecule has 0 aliphatic heterocycles. The first-order valence-corrected chi connectivity index (χ1v) is 9.78. The Kier molecular flexibility index (Phi) is 6.62. The highest BCUT2D eigenvalue weighted by Gasteiger charge is 2.20. The number of nitrogens with one attached hydrogen (secondary N) is 1. The summed E-state index contributed by atoms with van der Waals surface area (Å²) < 4.78 is 0.797. The average Bonchev–Trinajstić information content (AvgIpc) is 2.92. The molecule has 0 atom stereocenters. The number of anilines is 2. The predicted molar refractivity (Wildman–Crippen MR) is 102 cm³/mol. The molecule has 5 nitrogen and oxygen atoms in total. The number of aryl methyl sites for hydroxylation is 1. The zero-order valence-corrected chi connectivity index (χ0v) is 16.4. The van der Waals surface area contributed by atoms with Crippen LogP contribution in [0.15, 0.2) is 28.6 Å². The number of nitrogens with zero attached hydrogens (tertiary/aromatic N) is 3. The van der Waals surface area contributed by atoms with Crippen molar-refractivity contribution < 1.29 is 4.79 Å². The first kappa shape index (κ1) is 18.7. The highest BCUT2D eigenvalue weighted by molar-refractivity contribution is 8.01. The summed E-state index contributed by atoms with van der Waals surface area (Å²) in [6, 6.07) is 8.50. The number of aromatic nitrogens is 2. The van der Waals surface area contributed by atoms with Crippen molar-refractivity contribution >= 4 is 39.8 Å². The van der Waals surface area contributed by atoms with Gasteiger partial charge in [0.15, 0.2) is 4.34 Å². The minimum atomic E-state index is 0.133. The number of amides is 1. The maximum Gasteiger partial charge on any atom is 0.233 e. The van der Waals surface area contributed by atoms with Crippen molar-refractivity contribution in [1.29, 1.82) is 0 Å². The van der Waals surface area contributed by atoms with E-state index in [2.05, 4.69) is 21.6 Å². The number of carbonyl (C=O) groups is 1. The molecule has 0 unspecified atom stereocenters. The molecule has 0 aliphatic carbocycles. The van der Waals surface area contributed by atoms with Gasteiger partial charge in [0.05, 0.1) is 5.75 Å². The van der Waals surface area contributed by atoms with Gasteiger partial charge >= 0.3 is 0 Å². The summed E-state index contributed by atoms with van der Waals surface area (Å²) in [7, 11) is 0. The van der Waals surface area contributed by atoms with Gasteiger partial charge in [0.1, 0.15) is 0 Å². The topological polar surface area (TPSA) is 58.1 Å². The molecule has 1 aromatic heterocycles. The molecule has 0 spiro atoms. The van der Waals surface area contributed by atoms with Gasteiger partial charge in [-0.05, 0) is 52.3 Å². The van der Waals surface area contributed by atoms with E-state index in [0.29, 0.717) is 5.75 Å². The van der Waals surface area contributed by atoms with Crippen LogP contribution in [0, 0.1) is 6.92 Å². The number of carbonyl (C=O) groups excluding carboxylic acids is 1. The van der Waals surface area contributed by atoms with Crippen molar-refractivity contribution in [3.63, 3.8) is 0 Å². The fourth-order valence-corrected chi connectivity index (χ4v) is 4.18. The Labute approximate surface area is 151 Å². The molecule has 2 rings (SSSR count). The van der Waals surface area contributed by atoms with Crippen LogP contribution in [0.5, 0.6) is 0 Å². The third kappa shape index (κ3) is 5.21. The molecule has 0 radical (unpaired) electrons. The summed E-state index contributed by atoms with van der Waals surface area (Å²) in [4.78, 5) is 14.3. The quantitative estimate of drug-likeness (QED) is 0.741. The van der Waals surface area contributed by atoms with Gasteiger partial charge in [0.25, 0.3) is 0 Å². The standard InChI is InChI=1S/C17H24N4OS2/c1-11(2)21(12(3)4)15(22)10-23-17-20-19-16(24-17)18-14-8-6-7-13(5)9-14/h6-9,11-12H,10H2,1-5H3,(H,18,19). The van der Waals surface area contributed by atoms with E-state index in [0.717, 1.165) is 15.2 Å². The lowest BCUT2D eigenvalue weighted by Crippen LogP contribution is -2.43. The van der Waals surface area contributed by atoms with Crippen molar-refractivity contribution in [2.45, 2.75) is 51.0 Å². The van der Waals surface area contributed by atoms with Crippen LogP contribution in [-0.4, -0.2) is 38.8 Å². The first-order chi connectivity index (χ1) is 11.4. The Morgan fingerprint density at radius 3 is 2.58 bits per heavy atom. The maximum absolute atomic E-state index is 12.4. The summed E-state index contributed by atoms with van der Waals surface area (Å²) in [5.41, 5.74) is 2.18. The summed E-state index contributed by atoms with van der Waals surface area (Å²) in [6.45, 7) is 10.2. The number of benzene rings is 1. The monoisotopic (exact) mass is 364 g/mol. The smallest absolute Gasteiger partial charge is 0.233 e. The van der Waals surface area contributed by atoms with Crippen LogP contribution in [0.4, 0.5) is 10.8 Å². The highest BCUT2D eigenvalue weighted by atomic mass is 32.2. The van der Waals surface area contributed by atoms with Gasteiger partial charge in [-0.2, -0.15) is 0 Å². The number of thioether (sulfide) groups is 1. The number of rotatable bonds is 7. The van der Waals surface area contributed by atoms with E-state index in [4.69, 9.17) is 0 Å². The molecule has 1 N–H and O–H groups in total. The normalized spacial score (nSPS) is 11.1. The van der Waals surface area contributed by atoms with Gasteiger partial charge in [-0.1, -0.05) is 35.2 Å². The molecule has 0 saturated heterocycles. The number of hydrogen-bond acceptors (Lipinski definition) is 6. The van der Waals surface area contributed by atoms with Crippen LogP contribution >= 0.6 is 23.1 Å². The molecule has 1 amide bonds. The van der Waals surface area contributed by atoms with Gasteiger partial charge in [-0.3, -0.25) is 4.79 Å². The van der Waals surface area contributed by atoms with Crippen molar-refractivity contribution in [2.24, 2.45) is 0 Å². The van der Waals surface area contributed by atoms with Crippen LogP contribution in [0.2, 0.25) is 0 Å². The van der Waals surface area contributed by atoms with Crippen LogP contribution in [-0.2, 0) is 4.79 Å². The van der Waals surface area contributed by atoms with E-state index in [-0.39, 0.29) is 18.0 Å². The zero-order valence-electron chi connectivity index (χ0n) is 14.7. The van der Waals surface area contributed by atoms with Crippen LogP contribution in [0.1, 0.15) is 33.3 Å². The van der Waals surface area contributed by atoms with Gasteiger partial charge < -0.3 is 10.2 Å². The third-order valence-corrected chi connectivity index (χ3v) is 5.35. The summed E-state index contributed by atoms with van der Waals surface area (Å²) in [5.74, 6) is 0.517. The van der Waals surface area contributed by atoms with E-state index in [1.165, 1.54) is 28.7 Å². The van der Waals surface area contributed by atoms with Crippen LogP contribution in [0.25, 0.3) is 0 Å². The molecule has 1 aromatic carbocycles. The minimum Gasteiger partial charge on any atom is -0.337 e. The van der Waals surface area contributed by atoms with Crippen molar-refractivity contribution in [1.82, 2.24) is 15.1 Å². The molecule has 24 heavy (non-hydrogen) atoms. The van der Waals surface area contributed by atoms with Gasteiger partial charge in [-0.15, -0.1) is 10.2 Å². The highest BCUT2D eigenvalue weighted by Crippen LogP contribution is 2.28. The fourth-order valence-electron chi connectivity index (χ4n) is 2.54. The molecule has 0 bridgehead atoms. The van der Waals surface area contributed by atoms with Crippen molar-refractivity contribution in [3.8, 4) is 0 Å². The second kappa shape index (κ2) is 8.48. The first-order valence-electron chi connectivity index (χ1n) is 7.98. The molecule has 2 aromatic rings. The molecular formula is C17H24N4OS2. The van der Waals surface area contributed by atoms with E-state index in [1.807, 2.05) is 57.7 Å². The van der Waals surface area contributed by atoms with Gasteiger partial charge in [-0.25, -0.2) is 0 Å². The third-order valence-electron chi connectivity index (χ3n) is 3.40. The van der Waals surface area contributed by atoms with Gasteiger partial charge in [0.2, 0.25) is 11.0 Å². The van der Waals surface area contributed by atoms with Crippen LogP contribution < -0.4 is 5.32 Å². The summed E-state index contributed by atoms with van der Waals surface area (Å²) >= 11 is 2.90. The minimum absolute atomic E-state index is 0.133. The van der Waals surface area contributed by atoms with E-state index < -0.39 is 0 Å². The Bertz CT molecular complexity index is 677. The second-order valence-electron chi connectivity index (χ2n) is 6.14. The molecule has 0 saturated carbocycles. The summed E-state index contributed by atoms with van der Waals surface area (Å²) in [5, 5.41) is 12.3. The van der Waals surface area contributed by atoms with Crippen molar-refractivity contribution in [3.05, 3.63) is 29.8 Å². The Morgan fingerprint density at radius 2 is 1.96 bits per heavy atom. The molecule has 0 fully saturated rings. The zero-order chi connectivity index (χ0) is 17.7.